The lowest BCUT2D eigenvalue weighted by Crippen LogP contribution is -2.52. The molecule has 1 aromatic carbocycles. The van der Waals surface area contributed by atoms with Crippen LogP contribution in [0.25, 0.3) is 0 Å². The number of benzene rings is 1. The van der Waals surface area contributed by atoms with Crippen molar-refractivity contribution in [3.05, 3.63) is 29.8 Å². The van der Waals surface area contributed by atoms with E-state index in [1.54, 1.807) is 19.1 Å². The van der Waals surface area contributed by atoms with Gasteiger partial charge in [-0.25, -0.2) is 0 Å². The Balaban J connectivity index is 1.94. The Morgan fingerprint density at radius 2 is 1.87 bits per heavy atom. The van der Waals surface area contributed by atoms with Crippen LogP contribution in [0.1, 0.15) is 46.6 Å². The maximum atomic E-state index is 12.4. The Bertz CT molecular complexity index is 817. The number of hydrogen-bond acceptors (Lipinski definition) is 6. The Labute approximate surface area is 175 Å². The number of nitrogens with one attached hydrogen (secondary N) is 3. The molecule has 1 aliphatic rings. The Hall–Kier alpha value is -2.94. The first-order chi connectivity index (χ1) is 14.0. The molecule has 2 rings (SSSR count). The average molecular weight is 419 g/mol. The van der Waals surface area contributed by atoms with Gasteiger partial charge in [0, 0.05) is 12.3 Å². The summed E-state index contributed by atoms with van der Waals surface area (Å²) >= 11 is 0. The molecule has 1 fully saturated rings. The molecule has 3 N–H and O–H groups in total. The first kappa shape index (κ1) is 23.3. The zero-order valence-corrected chi connectivity index (χ0v) is 17.9. The summed E-state index contributed by atoms with van der Waals surface area (Å²) in [6.45, 7) is 9.49. The third-order valence-corrected chi connectivity index (χ3v) is 4.55. The molecule has 3 amide bonds. The van der Waals surface area contributed by atoms with E-state index < -0.39 is 42.1 Å². The molecular weight excluding hydrogens is 390 g/mol. The first-order valence-electron chi connectivity index (χ1n) is 9.85. The monoisotopic (exact) mass is 419 g/mol. The van der Waals surface area contributed by atoms with E-state index in [0.29, 0.717) is 12.3 Å². The molecule has 164 valence electrons. The highest BCUT2D eigenvalue weighted by molar-refractivity contribution is 6.40. The predicted octanol–water partition coefficient (Wildman–Crippen LogP) is 1.22. The highest BCUT2D eigenvalue weighted by Gasteiger charge is 2.37. The smallest absolute Gasteiger partial charge is 0.313 e. The minimum Gasteiger partial charge on any atom is -0.433 e. The van der Waals surface area contributed by atoms with Crippen LogP contribution in [-0.4, -0.2) is 48.7 Å². The number of carbonyl (C=O) groups excluding carboxylic acids is 4. The summed E-state index contributed by atoms with van der Waals surface area (Å²) in [7, 11) is 0. The molecule has 30 heavy (non-hydrogen) atoms. The van der Waals surface area contributed by atoms with Crippen LogP contribution in [-0.2, 0) is 34.1 Å². The molecule has 0 aliphatic carbocycles. The third kappa shape index (κ3) is 6.03. The van der Waals surface area contributed by atoms with Crippen molar-refractivity contribution >= 4 is 29.4 Å². The molecular formula is C21H29N3O6. The predicted molar refractivity (Wildman–Crippen MR) is 109 cm³/mol. The SMILES string of the molecule is CCOC1OC(=O)CC1NC(=O)C(C)NC(=O)C(=O)Nc1ccccc1C(C)(C)C. The standard InChI is InChI=1S/C21H29N3O6/c1-6-29-20-15(11-16(25)30-20)24-17(26)12(2)22-18(27)19(28)23-14-10-8-7-9-13(14)21(3,4)5/h7-10,12,15,20H,6,11H2,1-5H3,(H,22,27)(H,23,28)(H,24,26). The molecule has 9 heteroatoms. The molecule has 0 bridgehead atoms. The number of ether oxygens (including phenoxy) is 2. The van der Waals surface area contributed by atoms with Crippen LogP contribution in [0.3, 0.4) is 0 Å². The van der Waals surface area contributed by atoms with Crippen molar-refractivity contribution in [2.24, 2.45) is 0 Å². The van der Waals surface area contributed by atoms with Crippen molar-refractivity contribution in [1.29, 1.82) is 0 Å². The van der Waals surface area contributed by atoms with Gasteiger partial charge in [-0.3, -0.25) is 19.2 Å². The molecule has 0 spiro atoms. The van der Waals surface area contributed by atoms with Gasteiger partial charge in [-0.2, -0.15) is 0 Å². The summed E-state index contributed by atoms with van der Waals surface area (Å²) < 4.78 is 10.3. The van der Waals surface area contributed by atoms with Crippen LogP contribution in [0, 0.1) is 0 Å². The zero-order chi connectivity index (χ0) is 22.5. The minimum atomic E-state index is -1.00. The van der Waals surface area contributed by atoms with Gasteiger partial charge in [-0.15, -0.1) is 0 Å². The molecule has 0 radical (unpaired) electrons. The largest absolute Gasteiger partial charge is 0.433 e. The van der Waals surface area contributed by atoms with Gasteiger partial charge in [0.15, 0.2) is 0 Å². The van der Waals surface area contributed by atoms with Crippen LogP contribution in [0.15, 0.2) is 24.3 Å². The summed E-state index contributed by atoms with van der Waals surface area (Å²) in [4.78, 5) is 48.4. The fourth-order valence-corrected chi connectivity index (χ4v) is 3.03. The van der Waals surface area contributed by atoms with Gasteiger partial charge in [0.05, 0.1) is 6.42 Å². The molecule has 0 saturated carbocycles. The van der Waals surface area contributed by atoms with Gasteiger partial charge in [0.2, 0.25) is 12.2 Å². The Morgan fingerprint density at radius 1 is 1.20 bits per heavy atom. The van der Waals surface area contributed by atoms with Crippen molar-refractivity contribution in [3.8, 4) is 0 Å². The molecule has 1 saturated heterocycles. The van der Waals surface area contributed by atoms with Gasteiger partial charge in [-0.1, -0.05) is 39.0 Å². The molecule has 1 heterocycles. The van der Waals surface area contributed by atoms with Crippen molar-refractivity contribution in [2.45, 2.75) is 64.8 Å². The van der Waals surface area contributed by atoms with E-state index in [-0.39, 0.29) is 11.8 Å². The number of anilines is 1. The van der Waals surface area contributed by atoms with Gasteiger partial charge < -0.3 is 25.4 Å². The van der Waals surface area contributed by atoms with E-state index in [1.807, 2.05) is 32.9 Å². The second kappa shape index (κ2) is 9.71. The lowest BCUT2D eigenvalue weighted by atomic mass is 9.86. The summed E-state index contributed by atoms with van der Waals surface area (Å²) in [5, 5.41) is 7.57. The highest BCUT2D eigenvalue weighted by atomic mass is 16.7. The highest BCUT2D eigenvalue weighted by Crippen LogP contribution is 2.29. The number of hydrogen-bond donors (Lipinski definition) is 3. The van der Waals surface area contributed by atoms with Crippen molar-refractivity contribution in [3.63, 3.8) is 0 Å². The lowest BCUT2D eigenvalue weighted by Gasteiger charge is -2.23. The number of amides is 3. The molecule has 0 aromatic heterocycles. The van der Waals surface area contributed by atoms with Crippen LogP contribution >= 0.6 is 0 Å². The second-order valence-electron chi connectivity index (χ2n) is 8.08. The quantitative estimate of drug-likeness (QED) is 0.471. The maximum Gasteiger partial charge on any atom is 0.313 e. The Morgan fingerprint density at radius 3 is 2.50 bits per heavy atom. The number of cyclic esters (lactones) is 1. The first-order valence-corrected chi connectivity index (χ1v) is 9.85. The molecule has 9 nitrogen and oxygen atoms in total. The van der Waals surface area contributed by atoms with E-state index in [4.69, 9.17) is 9.47 Å². The average Bonchev–Trinajstić information content (AvgIpc) is 3.00. The van der Waals surface area contributed by atoms with Crippen LogP contribution < -0.4 is 16.0 Å². The number of carbonyl (C=O) groups is 4. The van der Waals surface area contributed by atoms with Gasteiger partial charge in [-0.05, 0) is 30.9 Å². The summed E-state index contributed by atoms with van der Waals surface area (Å²) in [6.07, 6.45) is -0.896. The normalized spacial score (nSPS) is 19.6. The van der Waals surface area contributed by atoms with E-state index >= 15 is 0 Å². The lowest BCUT2D eigenvalue weighted by molar-refractivity contribution is -0.164. The fraction of sp³-hybridized carbons (Fsp3) is 0.524. The van der Waals surface area contributed by atoms with E-state index in [1.165, 1.54) is 6.92 Å². The minimum absolute atomic E-state index is 0.0266. The van der Waals surface area contributed by atoms with E-state index in [2.05, 4.69) is 16.0 Å². The van der Waals surface area contributed by atoms with Gasteiger partial charge in [0.1, 0.15) is 12.1 Å². The molecule has 3 atom stereocenters. The van der Waals surface area contributed by atoms with Crippen molar-refractivity contribution in [1.82, 2.24) is 10.6 Å². The number of esters is 1. The second-order valence-corrected chi connectivity index (χ2v) is 8.08. The summed E-state index contributed by atoms with van der Waals surface area (Å²) in [5.41, 5.74) is 1.18. The number of para-hydroxylation sites is 1. The Kier molecular flexibility index (Phi) is 7.55. The topological polar surface area (TPSA) is 123 Å². The van der Waals surface area contributed by atoms with E-state index in [9.17, 15) is 19.2 Å². The zero-order valence-electron chi connectivity index (χ0n) is 17.9. The number of rotatable bonds is 6. The molecule has 1 aliphatic heterocycles. The van der Waals surface area contributed by atoms with Gasteiger partial charge in [0.25, 0.3) is 0 Å². The van der Waals surface area contributed by atoms with Gasteiger partial charge >= 0.3 is 17.8 Å². The van der Waals surface area contributed by atoms with Crippen LogP contribution in [0.5, 0.6) is 0 Å². The fourth-order valence-electron chi connectivity index (χ4n) is 3.03. The van der Waals surface area contributed by atoms with Crippen molar-refractivity contribution < 1.29 is 28.7 Å². The van der Waals surface area contributed by atoms with E-state index in [0.717, 1.165) is 5.56 Å². The van der Waals surface area contributed by atoms with Crippen molar-refractivity contribution in [2.75, 3.05) is 11.9 Å². The summed E-state index contributed by atoms with van der Waals surface area (Å²) in [6, 6.07) is 5.56. The molecule has 1 aromatic rings. The summed E-state index contributed by atoms with van der Waals surface area (Å²) in [5.74, 6) is -2.86. The third-order valence-electron chi connectivity index (χ3n) is 4.55. The van der Waals surface area contributed by atoms with Crippen LogP contribution in [0.2, 0.25) is 0 Å². The van der Waals surface area contributed by atoms with Crippen LogP contribution in [0.4, 0.5) is 5.69 Å². The maximum absolute atomic E-state index is 12.4. The molecule has 3 unspecified atom stereocenters.